The molecule has 2 aromatic carbocycles. The van der Waals surface area contributed by atoms with E-state index in [1.807, 2.05) is 0 Å². The molecule has 0 saturated heterocycles. The monoisotopic (exact) mass is 667 g/mol. The van der Waals surface area contributed by atoms with Gasteiger partial charge in [-0.2, -0.15) is 22.6 Å². The first-order chi connectivity index (χ1) is 20.6. The molecular weight excluding hydrogens is 649 g/mol. The lowest BCUT2D eigenvalue weighted by Gasteiger charge is -2.19. The fourth-order valence-corrected chi connectivity index (χ4v) is 4.60. The fraction of sp³-hybridized carbons (Fsp3) is 0.185. The van der Waals surface area contributed by atoms with Gasteiger partial charge in [-0.3, -0.25) is 9.59 Å². The molecule has 0 fully saturated rings. The van der Waals surface area contributed by atoms with Gasteiger partial charge in [0.2, 0.25) is 11.1 Å². The summed E-state index contributed by atoms with van der Waals surface area (Å²) in [4.78, 5) is 25.0. The third kappa shape index (κ3) is 7.95. The van der Waals surface area contributed by atoms with Gasteiger partial charge < -0.3 is 15.8 Å². The normalized spacial score (nSPS) is 11.5. The van der Waals surface area contributed by atoms with Crippen LogP contribution in [0.25, 0.3) is 5.69 Å². The molecule has 4 aromatic rings. The van der Waals surface area contributed by atoms with E-state index in [0.29, 0.717) is 4.73 Å². The van der Waals surface area contributed by atoms with Crippen LogP contribution in [0.1, 0.15) is 35.3 Å². The average Bonchev–Trinajstić information content (AvgIpc) is 3.42. The lowest BCUT2D eigenvalue weighted by Crippen LogP contribution is -2.42. The van der Waals surface area contributed by atoms with E-state index in [1.54, 1.807) is 13.8 Å². The fourth-order valence-electron chi connectivity index (χ4n) is 3.51. The molecule has 44 heavy (non-hydrogen) atoms. The van der Waals surface area contributed by atoms with Crippen LogP contribution in [0, 0.1) is 22.9 Å². The Bertz CT molecular complexity index is 1790. The summed E-state index contributed by atoms with van der Waals surface area (Å²) in [5, 5.41) is 26.6. The standard InChI is InChI=1S/C27H19Cl2F4N7O3S/c1-26(2,35-24(42)16-8-11-39(43)12-9-16)10-7-15-3-6-19(22(29)23(15)30)34-21(41)14-44-25-36-37-38-40(25)20-13-17(27(31,32)33)4-5-18(20)28/h3-6,8-9,11-13H,14H2,1-2H3,(H,34,41)(H,35,42). The van der Waals surface area contributed by atoms with Crippen LogP contribution in [0.3, 0.4) is 0 Å². The number of hydrogen-bond donors (Lipinski definition) is 2. The zero-order valence-electron chi connectivity index (χ0n) is 22.5. The van der Waals surface area contributed by atoms with E-state index in [9.17, 15) is 28.0 Å². The van der Waals surface area contributed by atoms with Gasteiger partial charge in [-0.25, -0.2) is 4.39 Å². The number of alkyl halides is 3. The number of carbonyl (C=O) groups is 2. The van der Waals surface area contributed by atoms with Crippen molar-refractivity contribution in [3.05, 3.63) is 92.6 Å². The second-order valence-corrected chi connectivity index (χ2v) is 11.2. The number of halogens is 6. The number of benzene rings is 2. The Kier molecular flexibility index (Phi) is 9.67. The summed E-state index contributed by atoms with van der Waals surface area (Å²) in [7, 11) is 0. The molecule has 0 spiro atoms. The topological polar surface area (TPSA) is 129 Å². The largest absolute Gasteiger partial charge is 0.619 e. The number of amides is 2. The highest BCUT2D eigenvalue weighted by atomic mass is 35.5. The number of hydrogen-bond acceptors (Lipinski definition) is 7. The second-order valence-electron chi connectivity index (χ2n) is 9.44. The maximum Gasteiger partial charge on any atom is 0.416 e. The van der Waals surface area contributed by atoms with Crippen LogP contribution < -0.4 is 15.4 Å². The zero-order valence-corrected chi connectivity index (χ0v) is 24.9. The van der Waals surface area contributed by atoms with Crippen molar-refractivity contribution in [2.75, 3.05) is 11.1 Å². The maximum atomic E-state index is 15.0. The highest BCUT2D eigenvalue weighted by Crippen LogP contribution is 2.34. The third-order valence-corrected chi connectivity index (χ3v) is 7.24. The van der Waals surface area contributed by atoms with Crippen molar-refractivity contribution in [3.63, 3.8) is 0 Å². The first kappa shape index (κ1) is 32.5. The molecule has 10 nitrogen and oxygen atoms in total. The average molecular weight is 668 g/mol. The van der Waals surface area contributed by atoms with Crippen LogP contribution in [0.5, 0.6) is 0 Å². The van der Waals surface area contributed by atoms with Crippen LogP contribution in [-0.2, 0) is 11.0 Å². The molecule has 17 heteroatoms. The molecule has 0 aliphatic rings. The number of nitrogens with zero attached hydrogens (tertiary/aromatic N) is 5. The Hall–Kier alpha value is -4.39. The summed E-state index contributed by atoms with van der Waals surface area (Å²) in [6.07, 6.45) is -2.29. The molecule has 0 radical (unpaired) electrons. The molecule has 2 N–H and O–H groups in total. The number of aromatic nitrogens is 5. The van der Waals surface area contributed by atoms with E-state index >= 15 is 4.39 Å². The summed E-state index contributed by atoms with van der Waals surface area (Å²) >= 11 is 13.0. The number of tetrazole rings is 1. The maximum absolute atomic E-state index is 15.0. The molecule has 4 rings (SSSR count). The molecule has 0 saturated carbocycles. The number of thioether (sulfide) groups is 1. The van der Waals surface area contributed by atoms with Crippen molar-refractivity contribution >= 4 is 52.5 Å². The minimum Gasteiger partial charge on any atom is -0.619 e. The predicted octanol–water partition coefficient (Wildman–Crippen LogP) is 5.05. The highest BCUT2D eigenvalue weighted by molar-refractivity contribution is 7.99. The van der Waals surface area contributed by atoms with E-state index < -0.39 is 39.9 Å². The van der Waals surface area contributed by atoms with Crippen molar-refractivity contribution in [2.24, 2.45) is 0 Å². The summed E-state index contributed by atoms with van der Waals surface area (Å²) in [5.41, 5.74) is -2.14. The van der Waals surface area contributed by atoms with E-state index in [-0.39, 0.29) is 38.4 Å². The van der Waals surface area contributed by atoms with E-state index in [2.05, 4.69) is 38.0 Å². The second kappa shape index (κ2) is 13.1. The smallest absolute Gasteiger partial charge is 0.416 e. The number of anilines is 1. The number of carbonyl (C=O) groups excluding carboxylic acids is 2. The molecule has 0 aliphatic carbocycles. The molecule has 2 amide bonds. The van der Waals surface area contributed by atoms with E-state index in [4.69, 9.17) is 23.2 Å². The van der Waals surface area contributed by atoms with Crippen molar-refractivity contribution in [1.29, 1.82) is 0 Å². The first-order valence-corrected chi connectivity index (χ1v) is 14.0. The minimum absolute atomic E-state index is 0.0275. The summed E-state index contributed by atoms with van der Waals surface area (Å²) < 4.78 is 56.0. The predicted molar refractivity (Wildman–Crippen MR) is 154 cm³/mol. The van der Waals surface area contributed by atoms with Crippen LogP contribution in [-0.4, -0.2) is 43.3 Å². The van der Waals surface area contributed by atoms with E-state index in [1.165, 1.54) is 36.7 Å². The highest BCUT2D eigenvalue weighted by Gasteiger charge is 2.31. The van der Waals surface area contributed by atoms with Gasteiger partial charge in [0.05, 0.1) is 44.4 Å². The lowest BCUT2D eigenvalue weighted by atomic mass is 10.0. The SMILES string of the molecule is CC(C)(C#Cc1ccc(NC(=O)CSc2nnnn2-c2cc(C(F)(F)F)ccc2Cl)c(Cl)c1F)NC(=O)c1cc[n+]([O-])cc1. The van der Waals surface area contributed by atoms with E-state index in [0.717, 1.165) is 34.6 Å². The molecule has 0 atom stereocenters. The quantitative estimate of drug-likeness (QED) is 0.0928. The number of nitrogens with one attached hydrogen (secondary N) is 2. The van der Waals surface area contributed by atoms with Gasteiger partial charge >= 0.3 is 6.18 Å². The van der Waals surface area contributed by atoms with Crippen molar-refractivity contribution in [3.8, 4) is 17.5 Å². The van der Waals surface area contributed by atoms with Crippen molar-refractivity contribution in [2.45, 2.75) is 30.7 Å². The molecule has 2 aromatic heterocycles. The Labute approximate surface area is 261 Å². The van der Waals surface area contributed by atoms with Gasteiger partial charge in [0.1, 0.15) is 5.02 Å². The molecule has 2 heterocycles. The first-order valence-electron chi connectivity index (χ1n) is 12.3. The minimum atomic E-state index is -4.63. The Morgan fingerprint density at radius 1 is 1.11 bits per heavy atom. The van der Waals surface area contributed by atoms with Gasteiger partial charge in [0, 0.05) is 12.1 Å². The van der Waals surface area contributed by atoms with Crippen LogP contribution in [0.4, 0.5) is 23.2 Å². The number of rotatable bonds is 7. The van der Waals surface area contributed by atoms with Gasteiger partial charge in [0.15, 0.2) is 18.2 Å². The third-order valence-electron chi connectivity index (χ3n) is 5.63. The molecule has 0 unspecified atom stereocenters. The van der Waals surface area contributed by atoms with Gasteiger partial charge in [0.25, 0.3) is 5.91 Å². The van der Waals surface area contributed by atoms with Crippen molar-refractivity contribution < 1.29 is 31.9 Å². The summed E-state index contributed by atoms with van der Waals surface area (Å²) in [6.45, 7) is 3.19. The summed E-state index contributed by atoms with van der Waals surface area (Å²) in [6, 6.07) is 7.94. The lowest BCUT2D eigenvalue weighted by molar-refractivity contribution is -0.605. The Morgan fingerprint density at radius 3 is 2.50 bits per heavy atom. The van der Waals surface area contributed by atoms with Gasteiger partial charge in [-0.05, 0) is 54.6 Å². The number of pyridine rings is 1. The van der Waals surface area contributed by atoms with Gasteiger partial charge in [-0.15, -0.1) is 5.10 Å². The zero-order chi connectivity index (χ0) is 32.2. The van der Waals surface area contributed by atoms with Gasteiger partial charge in [-0.1, -0.05) is 46.8 Å². The van der Waals surface area contributed by atoms with Crippen LogP contribution in [0.2, 0.25) is 10.0 Å². The van der Waals surface area contributed by atoms with Crippen molar-refractivity contribution in [1.82, 2.24) is 25.5 Å². The summed E-state index contributed by atoms with van der Waals surface area (Å²) in [5.74, 6) is 3.00. The molecule has 0 aliphatic heterocycles. The Morgan fingerprint density at radius 2 is 1.82 bits per heavy atom. The molecular formula is C27H19Cl2F4N7O3S. The van der Waals surface area contributed by atoms with Crippen LogP contribution >= 0.6 is 35.0 Å². The Balaban J connectivity index is 1.41. The molecule has 0 bridgehead atoms. The van der Waals surface area contributed by atoms with Crippen LogP contribution in [0.15, 0.2) is 60.0 Å². The molecule has 228 valence electrons.